The normalized spacial score (nSPS) is 28.8. The Kier molecular flexibility index (Phi) is 3.88. The van der Waals surface area contributed by atoms with E-state index in [1.54, 1.807) is 0 Å². The molecule has 3 rings (SSSR count). The molecule has 1 saturated heterocycles. The average Bonchev–Trinajstić information content (AvgIpc) is 2.38. The second-order valence-corrected chi connectivity index (χ2v) is 7.53. The number of likely N-dealkylation sites (tertiary alicyclic amines) is 1. The van der Waals surface area contributed by atoms with Gasteiger partial charge in [-0.2, -0.15) is 13.2 Å². The minimum Gasteiger partial charge on any atom is -0.481 e. The Balaban J connectivity index is 1.68. The summed E-state index contributed by atoms with van der Waals surface area (Å²) in [5.41, 5.74) is -1.81. The van der Waals surface area contributed by atoms with Gasteiger partial charge in [-0.3, -0.25) is 9.59 Å². The first-order chi connectivity index (χ1) is 10.7. The van der Waals surface area contributed by atoms with Gasteiger partial charge in [-0.15, -0.1) is 0 Å². The van der Waals surface area contributed by atoms with Gasteiger partial charge in [0.25, 0.3) is 0 Å². The van der Waals surface area contributed by atoms with E-state index in [2.05, 4.69) is 0 Å². The number of hydrogen-bond acceptors (Lipinski definition) is 2. The summed E-state index contributed by atoms with van der Waals surface area (Å²) in [5, 5.41) is 9.32. The third-order valence-electron chi connectivity index (χ3n) is 6.28. The number of halogens is 3. The number of carboxylic acids is 1. The third kappa shape index (κ3) is 2.72. The van der Waals surface area contributed by atoms with Crippen LogP contribution in [0.3, 0.4) is 0 Å². The van der Waals surface area contributed by atoms with Crippen LogP contribution in [0.15, 0.2) is 0 Å². The largest absolute Gasteiger partial charge is 0.481 e. The Labute approximate surface area is 133 Å². The molecule has 2 aliphatic carbocycles. The van der Waals surface area contributed by atoms with Crippen LogP contribution < -0.4 is 0 Å². The van der Waals surface area contributed by atoms with Crippen molar-refractivity contribution < 1.29 is 27.9 Å². The fraction of sp³-hybridized carbons (Fsp3) is 0.875. The monoisotopic (exact) mass is 333 g/mol. The van der Waals surface area contributed by atoms with Crippen LogP contribution in [0.1, 0.15) is 51.4 Å². The number of carbonyl (C=O) groups excluding carboxylic acids is 1. The molecule has 130 valence electrons. The first-order valence-electron chi connectivity index (χ1n) is 8.27. The number of carbonyl (C=O) groups is 2. The molecule has 0 radical (unpaired) electrons. The molecule has 0 bridgehead atoms. The van der Waals surface area contributed by atoms with Crippen molar-refractivity contribution >= 4 is 11.9 Å². The van der Waals surface area contributed by atoms with Gasteiger partial charge in [-0.05, 0) is 37.5 Å². The zero-order chi connectivity index (χ0) is 16.9. The van der Waals surface area contributed by atoms with Crippen LogP contribution in [0.4, 0.5) is 13.2 Å². The maximum Gasteiger partial charge on any atom is 0.392 e. The molecule has 1 spiro atoms. The van der Waals surface area contributed by atoms with Crippen molar-refractivity contribution in [2.45, 2.75) is 57.5 Å². The van der Waals surface area contributed by atoms with Crippen LogP contribution in [0, 0.1) is 16.7 Å². The molecule has 0 aromatic carbocycles. The lowest BCUT2D eigenvalue weighted by atomic mass is 9.58. The smallest absolute Gasteiger partial charge is 0.392 e. The van der Waals surface area contributed by atoms with E-state index in [0.717, 1.165) is 12.8 Å². The third-order valence-corrected chi connectivity index (χ3v) is 6.28. The fourth-order valence-corrected chi connectivity index (χ4v) is 4.49. The van der Waals surface area contributed by atoms with Crippen molar-refractivity contribution in [1.82, 2.24) is 4.90 Å². The number of alkyl halides is 3. The molecule has 1 amide bonds. The van der Waals surface area contributed by atoms with Gasteiger partial charge in [0, 0.05) is 19.5 Å². The van der Waals surface area contributed by atoms with Crippen molar-refractivity contribution in [3.63, 3.8) is 0 Å². The number of rotatable bonds is 3. The van der Waals surface area contributed by atoms with E-state index in [9.17, 15) is 27.9 Å². The number of amides is 1. The second-order valence-electron chi connectivity index (χ2n) is 7.53. The van der Waals surface area contributed by atoms with Gasteiger partial charge in [0.05, 0.1) is 11.3 Å². The van der Waals surface area contributed by atoms with Crippen LogP contribution in [-0.4, -0.2) is 41.1 Å². The molecular weight excluding hydrogens is 311 g/mol. The molecule has 1 atom stereocenters. The zero-order valence-electron chi connectivity index (χ0n) is 13.0. The summed E-state index contributed by atoms with van der Waals surface area (Å²) in [6, 6.07) is 0. The molecular formula is C16H22F3NO3. The summed E-state index contributed by atoms with van der Waals surface area (Å²) in [5.74, 6) is -2.58. The fourth-order valence-electron chi connectivity index (χ4n) is 4.49. The average molecular weight is 333 g/mol. The Hall–Kier alpha value is -1.27. The molecule has 3 aliphatic rings. The van der Waals surface area contributed by atoms with E-state index in [1.165, 1.54) is 4.90 Å². The van der Waals surface area contributed by atoms with Crippen LogP contribution in [-0.2, 0) is 9.59 Å². The number of hydrogen-bond donors (Lipinski definition) is 1. The van der Waals surface area contributed by atoms with Crippen molar-refractivity contribution in [2.75, 3.05) is 13.1 Å². The molecule has 1 unspecified atom stereocenters. The van der Waals surface area contributed by atoms with E-state index >= 15 is 0 Å². The number of aliphatic carboxylic acids is 1. The Morgan fingerprint density at radius 3 is 2.13 bits per heavy atom. The summed E-state index contributed by atoms with van der Waals surface area (Å²) in [6.07, 6.45) is -0.809. The van der Waals surface area contributed by atoms with E-state index < -0.39 is 28.9 Å². The van der Waals surface area contributed by atoms with Gasteiger partial charge in [0.2, 0.25) is 5.91 Å². The summed E-state index contributed by atoms with van der Waals surface area (Å²) in [4.78, 5) is 25.3. The summed E-state index contributed by atoms with van der Waals surface area (Å²) in [7, 11) is 0. The maximum absolute atomic E-state index is 13.2. The lowest BCUT2D eigenvalue weighted by Gasteiger charge is -2.54. The minimum atomic E-state index is -4.22. The Morgan fingerprint density at radius 2 is 1.74 bits per heavy atom. The lowest BCUT2D eigenvalue weighted by molar-refractivity contribution is -0.237. The minimum absolute atomic E-state index is 0.0602. The van der Waals surface area contributed by atoms with Crippen molar-refractivity contribution in [3.8, 4) is 0 Å². The summed E-state index contributed by atoms with van der Waals surface area (Å²) < 4.78 is 39.7. The second kappa shape index (κ2) is 5.38. The Morgan fingerprint density at radius 1 is 1.13 bits per heavy atom. The first-order valence-corrected chi connectivity index (χ1v) is 8.27. The predicted molar refractivity (Wildman–Crippen MR) is 75.6 cm³/mol. The number of carboxylic acid groups (broad SMARTS) is 1. The van der Waals surface area contributed by atoms with E-state index in [-0.39, 0.29) is 31.8 Å². The number of nitrogens with zero attached hydrogens (tertiary/aromatic N) is 1. The molecule has 7 heteroatoms. The topological polar surface area (TPSA) is 57.6 Å². The van der Waals surface area contributed by atoms with E-state index in [1.807, 2.05) is 0 Å². The van der Waals surface area contributed by atoms with Crippen molar-refractivity contribution in [2.24, 2.45) is 16.7 Å². The van der Waals surface area contributed by atoms with Gasteiger partial charge >= 0.3 is 12.1 Å². The maximum atomic E-state index is 13.2. The summed E-state index contributed by atoms with van der Waals surface area (Å²) in [6.45, 7) is 0.214. The van der Waals surface area contributed by atoms with E-state index in [0.29, 0.717) is 25.7 Å². The molecule has 2 saturated carbocycles. The van der Waals surface area contributed by atoms with Crippen molar-refractivity contribution in [3.05, 3.63) is 0 Å². The number of piperidine rings is 1. The lowest BCUT2D eigenvalue weighted by Crippen LogP contribution is -2.58. The van der Waals surface area contributed by atoms with E-state index in [4.69, 9.17) is 0 Å². The molecule has 1 N–H and O–H groups in total. The highest BCUT2D eigenvalue weighted by molar-refractivity contribution is 5.85. The van der Waals surface area contributed by atoms with Gasteiger partial charge in [0.15, 0.2) is 0 Å². The van der Waals surface area contributed by atoms with Gasteiger partial charge in [-0.1, -0.05) is 12.8 Å². The van der Waals surface area contributed by atoms with Crippen molar-refractivity contribution in [1.29, 1.82) is 0 Å². The standard InChI is InChI=1S/C16H22F3NO3/c17-16(18,19)11-3-8-20(10-15(11)6-2-7-15)12(21)9-14(13(22)23)4-1-5-14/h11H,1-10H2,(H,22,23). The molecule has 1 aliphatic heterocycles. The SMILES string of the molecule is O=C(CC1(C(=O)O)CCC1)N1CCC(C(F)(F)F)C2(CCC2)C1. The van der Waals surface area contributed by atoms with Crippen LogP contribution in [0.2, 0.25) is 0 Å². The molecule has 0 aromatic heterocycles. The molecule has 23 heavy (non-hydrogen) atoms. The molecule has 0 aromatic rings. The van der Waals surface area contributed by atoms with Gasteiger partial charge in [0.1, 0.15) is 0 Å². The summed E-state index contributed by atoms with van der Waals surface area (Å²) >= 11 is 0. The molecule has 1 heterocycles. The van der Waals surface area contributed by atoms with Crippen LogP contribution in [0.25, 0.3) is 0 Å². The highest BCUT2D eigenvalue weighted by Gasteiger charge is 2.59. The van der Waals surface area contributed by atoms with Gasteiger partial charge in [-0.25, -0.2) is 0 Å². The highest BCUT2D eigenvalue weighted by atomic mass is 19.4. The quantitative estimate of drug-likeness (QED) is 0.863. The molecule has 3 fully saturated rings. The van der Waals surface area contributed by atoms with Crippen LogP contribution in [0.5, 0.6) is 0 Å². The van der Waals surface area contributed by atoms with Crippen LogP contribution >= 0.6 is 0 Å². The highest BCUT2D eigenvalue weighted by Crippen LogP contribution is 2.56. The molecule has 4 nitrogen and oxygen atoms in total. The first kappa shape index (κ1) is 16.6. The van der Waals surface area contributed by atoms with Gasteiger partial charge < -0.3 is 10.0 Å². The predicted octanol–water partition coefficient (Wildman–Crippen LogP) is 3.21. The Bertz CT molecular complexity index is 509. The zero-order valence-corrected chi connectivity index (χ0v) is 13.0.